The number of hydrogen-bond acceptors (Lipinski definition) is 3. The Morgan fingerprint density at radius 3 is 2.64 bits per heavy atom. The number of anilines is 1. The van der Waals surface area contributed by atoms with Gasteiger partial charge >= 0.3 is 0 Å². The van der Waals surface area contributed by atoms with Crippen LogP contribution in [0.1, 0.15) is 18.5 Å². The van der Waals surface area contributed by atoms with Crippen molar-refractivity contribution in [2.75, 3.05) is 11.9 Å². The molecule has 3 aromatic rings. The van der Waals surface area contributed by atoms with Crippen LogP contribution in [0.15, 0.2) is 72.8 Å². The zero-order valence-electron chi connectivity index (χ0n) is 15.4. The number of para-hydroxylation sites is 2. The maximum atomic E-state index is 12.7. The summed E-state index contributed by atoms with van der Waals surface area (Å²) < 4.78 is 0. The number of fused-ring (bicyclic) bond motifs is 1. The third-order valence-electron chi connectivity index (χ3n) is 4.90. The highest BCUT2D eigenvalue weighted by atomic mass is 16.2. The first-order valence-corrected chi connectivity index (χ1v) is 9.41. The quantitative estimate of drug-likeness (QED) is 0.708. The molecule has 5 heteroatoms. The van der Waals surface area contributed by atoms with E-state index in [1.807, 2.05) is 66.7 Å². The standard InChI is InChI=1S/C23H21N3O2/c27-22(15-14-19-13-12-17-7-4-5-10-20(17)24-19)26-16-6-11-21(26)23(28)25-18-8-2-1-3-9-18/h1-5,7-10,12-15,21H,6,11,16H2,(H,25,28)/b15-14+. The topological polar surface area (TPSA) is 62.3 Å². The molecule has 0 saturated carbocycles. The summed E-state index contributed by atoms with van der Waals surface area (Å²) in [5.74, 6) is -0.310. The average molecular weight is 371 g/mol. The van der Waals surface area contributed by atoms with Crippen molar-refractivity contribution >= 4 is 34.5 Å². The maximum Gasteiger partial charge on any atom is 0.247 e. The highest BCUT2D eigenvalue weighted by Crippen LogP contribution is 2.20. The van der Waals surface area contributed by atoms with E-state index in [9.17, 15) is 9.59 Å². The Kier molecular flexibility index (Phi) is 5.15. The highest BCUT2D eigenvalue weighted by molar-refractivity contribution is 6.00. The first-order chi connectivity index (χ1) is 13.7. The van der Waals surface area contributed by atoms with E-state index in [4.69, 9.17) is 0 Å². The molecule has 2 amide bonds. The highest BCUT2D eigenvalue weighted by Gasteiger charge is 2.33. The first-order valence-electron chi connectivity index (χ1n) is 9.41. The second-order valence-electron chi connectivity index (χ2n) is 6.81. The molecule has 0 bridgehead atoms. The SMILES string of the molecule is O=C(Nc1ccccc1)C1CCCN1C(=O)/C=C/c1ccc2ccccc2n1. The molecule has 1 fully saturated rings. The number of likely N-dealkylation sites (tertiary alicyclic amines) is 1. The summed E-state index contributed by atoms with van der Waals surface area (Å²) in [7, 11) is 0. The van der Waals surface area contributed by atoms with Gasteiger partial charge in [-0.15, -0.1) is 0 Å². The molecule has 140 valence electrons. The fourth-order valence-corrected chi connectivity index (χ4v) is 3.48. The van der Waals surface area contributed by atoms with Crippen LogP contribution in [0, 0.1) is 0 Å². The lowest BCUT2D eigenvalue weighted by atomic mass is 10.2. The minimum absolute atomic E-state index is 0.144. The second kappa shape index (κ2) is 8.05. The number of aromatic nitrogens is 1. The van der Waals surface area contributed by atoms with Crippen LogP contribution in [-0.2, 0) is 9.59 Å². The molecule has 2 aromatic carbocycles. The van der Waals surface area contributed by atoms with Crippen molar-refractivity contribution in [1.29, 1.82) is 0 Å². The lowest BCUT2D eigenvalue weighted by molar-refractivity contribution is -0.132. The van der Waals surface area contributed by atoms with Gasteiger partial charge in [-0.1, -0.05) is 42.5 Å². The Morgan fingerprint density at radius 1 is 1.00 bits per heavy atom. The number of carbonyl (C=O) groups excluding carboxylic acids is 2. The number of nitrogens with one attached hydrogen (secondary N) is 1. The number of hydrogen-bond donors (Lipinski definition) is 1. The van der Waals surface area contributed by atoms with Crippen LogP contribution in [0.4, 0.5) is 5.69 Å². The number of rotatable bonds is 4. The minimum Gasteiger partial charge on any atom is -0.327 e. The van der Waals surface area contributed by atoms with E-state index in [1.165, 1.54) is 6.08 Å². The van der Waals surface area contributed by atoms with E-state index in [2.05, 4.69) is 10.3 Å². The fraction of sp³-hybridized carbons (Fsp3) is 0.174. The largest absolute Gasteiger partial charge is 0.327 e. The van der Waals surface area contributed by atoms with Gasteiger partial charge in [0, 0.05) is 23.7 Å². The molecule has 1 N–H and O–H groups in total. The Hall–Kier alpha value is -3.47. The van der Waals surface area contributed by atoms with Crippen molar-refractivity contribution in [3.05, 3.63) is 78.5 Å². The molecule has 0 spiro atoms. The molecule has 5 nitrogen and oxygen atoms in total. The van der Waals surface area contributed by atoms with Gasteiger partial charge in [0.25, 0.3) is 0 Å². The van der Waals surface area contributed by atoms with Gasteiger partial charge in [-0.25, -0.2) is 4.98 Å². The molecule has 0 aliphatic carbocycles. The lowest BCUT2D eigenvalue weighted by Crippen LogP contribution is -2.42. The van der Waals surface area contributed by atoms with Crippen LogP contribution in [0.3, 0.4) is 0 Å². The van der Waals surface area contributed by atoms with Crippen molar-refractivity contribution < 1.29 is 9.59 Å². The van der Waals surface area contributed by atoms with E-state index in [-0.39, 0.29) is 11.8 Å². The zero-order chi connectivity index (χ0) is 19.3. The Bertz CT molecular complexity index is 1030. The molecular formula is C23H21N3O2. The van der Waals surface area contributed by atoms with Gasteiger partial charge in [-0.05, 0) is 43.2 Å². The molecule has 1 saturated heterocycles. The maximum absolute atomic E-state index is 12.7. The fourth-order valence-electron chi connectivity index (χ4n) is 3.48. The van der Waals surface area contributed by atoms with Gasteiger partial charge in [0.05, 0.1) is 11.2 Å². The second-order valence-corrected chi connectivity index (χ2v) is 6.81. The summed E-state index contributed by atoms with van der Waals surface area (Å²) >= 11 is 0. The first kappa shape index (κ1) is 17.9. The smallest absolute Gasteiger partial charge is 0.247 e. The summed E-state index contributed by atoms with van der Waals surface area (Å²) in [6.07, 6.45) is 4.71. The number of pyridine rings is 1. The third kappa shape index (κ3) is 3.93. The molecule has 2 heterocycles. The van der Waals surface area contributed by atoms with Crippen LogP contribution in [0.25, 0.3) is 17.0 Å². The lowest BCUT2D eigenvalue weighted by Gasteiger charge is -2.22. The van der Waals surface area contributed by atoms with Gasteiger partial charge in [0.15, 0.2) is 0 Å². The number of nitrogens with zero attached hydrogens (tertiary/aromatic N) is 2. The van der Waals surface area contributed by atoms with Crippen LogP contribution >= 0.6 is 0 Å². The summed E-state index contributed by atoms with van der Waals surface area (Å²) in [5, 5.41) is 3.95. The van der Waals surface area contributed by atoms with E-state index in [1.54, 1.807) is 11.0 Å². The van der Waals surface area contributed by atoms with E-state index < -0.39 is 6.04 Å². The van der Waals surface area contributed by atoms with Crippen molar-refractivity contribution in [1.82, 2.24) is 9.88 Å². The van der Waals surface area contributed by atoms with Crippen molar-refractivity contribution in [2.45, 2.75) is 18.9 Å². The number of amides is 2. The molecule has 1 aliphatic rings. The average Bonchev–Trinajstić information content (AvgIpc) is 3.23. The molecule has 0 radical (unpaired) electrons. The van der Waals surface area contributed by atoms with Gasteiger partial charge in [0.1, 0.15) is 6.04 Å². The van der Waals surface area contributed by atoms with Crippen molar-refractivity contribution in [2.24, 2.45) is 0 Å². The summed E-state index contributed by atoms with van der Waals surface area (Å²) in [6, 6.07) is 20.6. The van der Waals surface area contributed by atoms with Crippen LogP contribution in [-0.4, -0.2) is 34.3 Å². The molecule has 1 aliphatic heterocycles. The number of benzene rings is 2. The number of carbonyl (C=O) groups is 2. The Morgan fingerprint density at radius 2 is 1.79 bits per heavy atom. The van der Waals surface area contributed by atoms with Crippen LogP contribution in [0.2, 0.25) is 0 Å². The van der Waals surface area contributed by atoms with Crippen molar-refractivity contribution in [3.63, 3.8) is 0 Å². The molecule has 4 rings (SSSR count). The molecule has 1 aromatic heterocycles. The molecule has 28 heavy (non-hydrogen) atoms. The monoisotopic (exact) mass is 371 g/mol. The van der Waals surface area contributed by atoms with Gasteiger partial charge in [-0.2, -0.15) is 0 Å². The van der Waals surface area contributed by atoms with E-state index in [0.717, 1.165) is 28.7 Å². The predicted molar refractivity (Wildman–Crippen MR) is 111 cm³/mol. The summed E-state index contributed by atoms with van der Waals surface area (Å²) in [4.78, 5) is 31.5. The normalized spacial score (nSPS) is 16.6. The van der Waals surface area contributed by atoms with Crippen LogP contribution in [0.5, 0.6) is 0 Å². The van der Waals surface area contributed by atoms with E-state index >= 15 is 0 Å². The Balaban J connectivity index is 1.45. The molecule has 1 unspecified atom stereocenters. The van der Waals surface area contributed by atoms with Crippen molar-refractivity contribution in [3.8, 4) is 0 Å². The predicted octanol–water partition coefficient (Wildman–Crippen LogP) is 3.88. The van der Waals surface area contributed by atoms with Gasteiger partial charge in [-0.3, -0.25) is 9.59 Å². The molecule has 1 atom stereocenters. The van der Waals surface area contributed by atoms with Crippen LogP contribution < -0.4 is 5.32 Å². The van der Waals surface area contributed by atoms with E-state index in [0.29, 0.717) is 13.0 Å². The third-order valence-corrected chi connectivity index (χ3v) is 4.90. The van der Waals surface area contributed by atoms with Gasteiger partial charge in [0.2, 0.25) is 11.8 Å². The summed E-state index contributed by atoms with van der Waals surface area (Å²) in [5.41, 5.74) is 2.35. The minimum atomic E-state index is -0.443. The Labute approximate surface area is 163 Å². The molecular weight excluding hydrogens is 350 g/mol. The van der Waals surface area contributed by atoms with Gasteiger partial charge < -0.3 is 10.2 Å². The summed E-state index contributed by atoms with van der Waals surface area (Å²) in [6.45, 7) is 0.585. The zero-order valence-corrected chi connectivity index (χ0v) is 15.4.